The van der Waals surface area contributed by atoms with Crippen LogP contribution in [0.15, 0.2) is 30.5 Å². The maximum atomic E-state index is 12.8. The van der Waals surface area contributed by atoms with Crippen molar-refractivity contribution in [3.8, 4) is 0 Å². The molecule has 0 atom stereocenters. The minimum Gasteiger partial charge on any atom is -0.338 e. The van der Waals surface area contributed by atoms with Gasteiger partial charge < -0.3 is 10.6 Å². The van der Waals surface area contributed by atoms with E-state index in [-0.39, 0.29) is 11.8 Å². The molecule has 0 saturated heterocycles. The number of benzene rings is 1. The summed E-state index contributed by atoms with van der Waals surface area (Å²) in [7, 11) is 0. The van der Waals surface area contributed by atoms with Crippen LogP contribution >= 0.6 is 11.3 Å². The Hall–Kier alpha value is -1.95. The highest BCUT2D eigenvalue weighted by molar-refractivity contribution is 7.11. The third-order valence-corrected chi connectivity index (χ3v) is 3.83. The number of rotatable bonds is 6. The van der Waals surface area contributed by atoms with Crippen molar-refractivity contribution in [2.75, 3.05) is 6.54 Å². The molecule has 112 valence electrons. The lowest BCUT2D eigenvalue weighted by atomic mass is 10.1. The van der Waals surface area contributed by atoms with Gasteiger partial charge >= 0.3 is 6.03 Å². The molecule has 0 radical (unpaired) electrons. The van der Waals surface area contributed by atoms with Crippen molar-refractivity contribution in [3.63, 3.8) is 0 Å². The van der Waals surface area contributed by atoms with E-state index in [1.165, 1.54) is 12.1 Å². The van der Waals surface area contributed by atoms with Crippen molar-refractivity contribution < 1.29 is 9.18 Å². The minimum absolute atomic E-state index is 0.174. The van der Waals surface area contributed by atoms with E-state index >= 15 is 0 Å². The molecule has 0 spiro atoms. The van der Waals surface area contributed by atoms with Crippen molar-refractivity contribution in [1.82, 2.24) is 15.6 Å². The predicted molar refractivity (Wildman–Crippen MR) is 81.8 cm³/mol. The van der Waals surface area contributed by atoms with Crippen LogP contribution < -0.4 is 10.6 Å². The van der Waals surface area contributed by atoms with Gasteiger partial charge in [0.25, 0.3) is 0 Å². The Morgan fingerprint density at radius 2 is 2.05 bits per heavy atom. The molecular formula is C15H18FN3OS. The molecule has 21 heavy (non-hydrogen) atoms. The van der Waals surface area contributed by atoms with Gasteiger partial charge in [0.2, 0.25) is 0 Å². The molecule has 2 N–H and O–H groups in total. The third-order valence-electron chi connectivity index (χ3n) is 2.83. The first kappa shape index (κ1) is 15.4. The number of urea groups is 1. The first-order chi connectivity index (χ1) is 10.2. The van der Waals surface area contributed by atoms with Gasteiger partial charge in [-0.3, -0.25) is 0 Å². The second-order valence-electron chi connectivity index (χ2n) is 4.63. The predicted octanol–water partition coefficient (Wildman–Crippen LogP) is 3.08. The van der Waals surface area contributed by atoms with Gasteiger partial charge in [-0.2, -0.15) is 0 Å². The highest BCUT2D eigenvalue weighted by Gasteiger charge is 2.05. The Kier molecular flexibility index (Phi) is 5.68. The summed E-state index contributed by atoms with van der Waals surface area (Å²) in [6, 6.07) is 6.27. The monoisotopic (exact) mass is 307 g/mol. The largest absolute Gasteiger partial charge is 0.338 e. The number of amides is 2. The molecule has 4 nitrogen and oxygen atoms in total. The Morgan fingerprint density at radius 3 is 2.76 bits per heavy atom. The Labute approximate surface area is 127 Å². The van der Waals surface area contributed by atoms with Crippen LogP contribution in [0.4, 0.5) is 9.18 Å². The number of halogens is 1. The summed E-state index contributed by atoms with van der Waals surface area (Å²) in [4.78, 5) is 16.8. The van der Waals surface area contributed by atoms with E-state index in [2.05, 4.69) is 15.6 Å². The van der Waals surface area contributed by atoms with Crippen molar-refractivity contribution in [1.29, 1.82) is 0 Å². The summed E-state index contributed by atoms with van der Waals surface area (Å²) in [6.07, 6.45) is 3.43. The van der Waals surface area contributed by atoms with E-state index in [0.717, 1.165) is 28.3 Å². The molecular weight excluding hydrogens is 289 g/mol. The summed E-state index contributed by atoms with van der Waals surface area (Å²) in [6.45, 7) is 3.09. The fourth-order valence-corrected chi connectivity index (χ4v) is 2.67. The van der Waals surface area contributed by atoms with E-state index in [1.807, 2.05) is 6.92 Å². The van der Waals surface area contributed by atoms with Crippen molar-refractivity contribution >= 4 is 17.4 Å². The van der Waals surface area contributed by atoms with Gasteiger partial charge in [0.15, 0.2) is 0 Å². The third kappa shape index (κ3) is 5.15. The normalized spacial score (nSPS) is 10.4. The Bertz CT molecular complexity index is 583. The fourth-order valence-electron chi connectivity index (χ4n) is 1.77. The summed E-state index contributed by atoms with van der Waals surface area (Å²) in [5.74, 6) is -0.231. The van der Waals surface area contributed by atoms with E-state index in [1.54, 1.807) is 29.7 Å². The molecule has 0 fully saturated rings. The number of aromatic nitrogens is 1. The van der Waals surface area contributed by atoms with Crippen LogP contribution in [0.5, 0.6) is 0 Å². The molecule has 0 aliphatic heterocycles. The molecule has 0 aliphatic carbocycles. The zero-order valence-electron chi connectivity index (χ0n) is 11.9. The number of nitrogens with one attached hydrogen (secondary N) is 2. The number of hydrogen-bond donors (Lipinski definition) is 2. The smallest absolute Gasteiger partial charge is 0.315 e. The number of carbonyl (C=O) groups excluding carboxylic acids is 1. The van der Waals surface area contributed by atoms with Gasteiger partial charge in [0, 0.05) is 24.0 Å². The van der Waals surface area contributed by atoms with Crippen LogP contribution in [0, 0.1) is 5.82 Å². The van der Waals surface area contributed by atoms with Crippen LogP contribution in [0.2, 0.25) is 0 Å². The lowest BCUT2D eigenvalue weighted by molar-refractivity contribution is 0.240. The molecule has 0 aliphatic rings. The van der Waals surface area contributed by atoms with E-state index in [9.17, 15) is 9.18 Å². The van der Waals surface area contributed by atoms with Crippen molar-refractivity contribution in [2.24, 2.45) is 0 Å². The molecule has 1 aromatic heterocycles. The van der Waals surface area contributed by atoms with E-state index in [0.29, 0.717) is 13.1 Å². The fraction of sp³-hybridized carbons (Fsp3) is 0.333. The van der Waals surface area contributed by atoms with E-state index in [4.69, 9.17) is 0 Å². The molecule has 6 heteroatoms. The molecule has 0 unspecified atom stereocenters. The molecule has 1 heterocycles. The topological polar surface area (TPSA) is 54.0 Å². The van der Waals surface area contributed by atoms with Gasteiger partial charge in [0.05, 0.1) is 6.54 Å². The zero-order chi connectivity index (χ0) is 15.1. The molecule has 0 bridgehead atoms. The van der Waals surface area contributed by atoms with Crippen LogP contribution in [0.25, 0.3) is 0 Å². The van der Waals surface area contributed by atoms with Gasteiger partial charge in [-0.1, -0.05) is 19.1 Å². The van der Waals surface area contributed by atoms with Gasteiger partial charge in [-0.15, -0.1) is 11.3 Å². The molecule has 0 saturated carbocycles. The molecule has 2 rings (SSSR count). The average molecular weight is 307 g/mol. The second kappa shape index (κ2) is 7.73. The highest BCUT2D eigenvalue weighted by Crippen LogP contribution is 2.17. The van der Waals surface area contributed by atoms with Crippen LogP contribution in [-0.4, -0.2) is 17.6 Å². The first-order valence-corrected chi connectivity index (χ1v) is 7.68. The Balaban J connectivity index is 1.83. The van der Waals surface area contributed by atoms with Gasteiger partial charge in [-0.05, 0) is 24.1 Å². The SMILES string of the molecule is CCCNC(=O)NCc1ncc(Cc2ccc(F)cc2)s1. The van der Waals surface area contributed by atoms with Crippen LogP contribution in [0.1, 0.15) is 28.8 Å². The summed E-state index contributed by atoms with van der Waals surface area (Å²) < 4.78 is 12.8. The second-order valence-corrected chi connectivity index (χ2v) is 5.83. The summed E-state index contributed by atoms with van der Waals surface area (Å²) in [5.41, 5.74) is 1.04. The summed E-state index contributed by atoms with van der Waals surface area (Å²) in [5, 5.41) is 6.37. The number of thiazole rings is 1. The van der Waals surface area contributed by atoms with Crippen molar-refractivity contribution in [3.05, 3.63) is 51.7 Å². The van der Waals surface area contributed by atoms with Crippen molar-refractivity contribution in [2.45, 2.75) is 26.3 Å². The van der Waals surface area contributed by atoms with Crippen LogP contribution in [-0.2, 0) is 13.0 Å². The van der Waals surface area contributed by atoms with Gasteiger partial charge in [0.1, 0.15) is 10.8 Å². The van der Waals surface area contributed by atoms with Gasteiger partial charge in [-0.25, -0.2) is 14.2 Å². The lowest BCUT2D eigenvalue weighted by Crippen LogP contribution is -2.35. The molecule has 2 aromatic rings. The number of carbonyl (C=O) groups is 1. The molecule has 2 amide bonds. The standard InChI is InChI=1S/C15H18FN3OS/c1-2-7-17-15(20)19-10-14-18-9-13(21-14)8-11-3-5-12(16)6-4-11/h3-6,9H,2,7-8,10H2,1H3,(H2,17,19,20). The highest BCUT2D eigenvalue weighted by atomic mass is 32.1. The minimum atomic E-state index is -0.231. The zero-order valence-corrected chi connectivity index (χ0v) is 12.7. The average Bonchev–Trinajstić information content (AvgIpc) is 2.93. The van der Waals surface area contributed by atoms with E-state index < -0.39 is 0 Å². The maximum absolute atomic E-state index is 12.8. The number of nitrogens with zero attached hydrogens (tertiary/aromatic N) is 1. The Morgan fingerprint density at radius 1 is 1.29 bits per heavy atom. The number of hydrogen-bond acceptors (Lipinski definition) is 3. The summed E-state index contributed by atoms with van der Waals surface area (Å²) >= 11 is 1.55. The maximum Gasteiger partial charge on any atom is 0.315 e. The molecule has 1 aromatic carbocycles. The van der Waals surface area contributed by atoms with Crippen LogP contribution in [0.3, 0.4) is 0 Å². The quantitative estimate of drug-likeness (QED) is 0.861. The lowest BCUT2D eigenvalue weighted by Gasteiger charge is -2.04. The first-order valence-electron chi connectivity index (χ1n) is 6.87.